The van der Waals surface area contributed by atoms with Gasteiger partial charge < -0.3 is 5.73 Å². The van der Waals surface area contributed by atoms with Crippen molar-refractivity contribution in [3.05, 3.63) is 24.5 Å². The average molecular weight is 229 g/mol. The molecule has 1 aromatic heterocycles. The van der Waals surface area contributed by atoms with Gasteiger partial charge in [-0.05, 0) is 31.5 Å². The molecule has 84 valence electrons. The summed E-state index contributed by atoms with van der Waals surface area (Å²) >= 11 is 0. The van der Waals surface area contributed by atoms with Crippen LogP contribution in [0.15, 0.2) is 24.5 Å². The number of hydrogen-bond acceptors (Lipinski definition) is 4. The zero-order valence-electron chi connectivity index (χ0n) is 8.39. The van der Waals surface area contributed by atoms with E-state index < -0.39 is 10.0 Å². The van der Waals surface area contributed by atoms with Gasteiger partial charge in [0.05, 0.1) is 11.4 Å². The summed E-state index contributed by atoms with van der Waals surface area (Å²) in [6.45, 7) is 0.519. The maximum Gasteiger partial charge on any atom is 0.232 e. The molecule has 15 heavy (non-hydrogen) atoms. The van der Waals surface area contributed by atoms with Crippen LogP contribution in [0.1, 0.15) is 12.8 Å². The molecule has 0 bridgehead atoms. The number of nitrogens with zero attached hydrogens (tertiary/aromatic N) is 1. The van der Waals surface area contributed by atoms with Crippen LogP contribution in [0.2, 0.25) is 0 Å². The molecule has 0 aromatic carbocycles. The highest BCUT2D eigenvalue weighted by atomic mass is 32.2. The summed E-state index contributed by atoms with van der Waals surface area (Å²) in [7, 11) is -3.24. The Morgan fingerprint density at radius 2 is 1.93 bits per heavy atom. The van der Waals surface area contributed by atoms with Crippen molar-refractivity contribution in [2.45, 2.75) is 12.8 Å². The van der Waals surface area contributed by atoms with Gasteiger partial charge in [0.2, 0.25) is 10.0 Å². The fraction of sp³-hybridized carbons (Fsp3) is 0.444. The van der Waals surface area contributed by atoms with E-state index >= 15 is 0 Å². The molecular weight excluding hydrogens is 214 g/mol. The monoisotopic (exact) mass is 229 g/mol. The molecule has 1 rings (SSSR count). The lowest BCUT2D eigenvalue weighted by Gasteiger charge is -2.06. The molecule has 0 saturated heterocycles. The minimum atomic E-state index is -3.24. The Kier molecular flexibility index (Phi) is 4.51. The normalized spacial score (nSPS) is 11.3. The van der Waals surface area contributed by atoms with E-state index in [2.05, 4.69) is 9.71 Å². The summed E-state index contributed by atoms with van der Waals surface area (Å²) in [5, 5.41) is 0. The third-order valence-electron chi connectivity index (χ3n) is 1.82. The van der Waals surface area contributed by atoms with E-state index in [1.165, 1.54) is 12.4 Å². The van der Waals surface area contributed by atoms with E-state index in [1.807, 2.05) is 0 Å². The molecule has 0 aliphatic carbocycles. The molecule has 0 aliphatic heterocycles. The van der Waals surface area contributed by atoms with Gasteiger partial charge in [-0.2, -0.15) is 0 Å². The molecule has 0 radical (unpaired) electrons. The predicted molar refractivity (Wildman–Crippen MR) is 59.9 cm³/mol. The Bertz CT molecular complexity index is 378. The van der Waals surface area contributed by atoms with Crippen LogP contribution in [0.4, 0.5) is 5.69 Å². The molecule has 5 nitrogen and oxygen atoms in total. The SMILES string of the molecule is NCCCCS(=O)(=O)Nc1ccncc1. The van der Waals surface area contributed by atoms with Gasteiger partial charge in [0.25, 0.3) is 0 Å². The van der Waals surface area contributed by atoms with Crippen molar-refractivity contribution in [3.63, 3.8) is 0 Å². The van der Waals surface area contributed by atoms with Crippen LogP contribution >= 0.6 is 0 Å². The van der Waals surface area contributed by atoms with Crippen molar-refractivity contribution >= 4 is 15.7 Å². The number of hydrogen-bond donors (Lipinski definition) is 2. The highest BCUT2D eigenvalue weighted by Gasteiger charge is 2.08. The molecule has 1 aromatic rings. The second-order valence-corrected chi connectivity index (χ2v) is 4.99. The Hall–Kier alpha value is -1.14. The molecular formula is C9H15N3O2S. The third-order valence-corrected chi connectivity index (χ3v) is 3.19. The number of sulfonamides is 1. The summed E-state index contributed by atoms with van der Waals surface area (Å²) in [5.74, 6) is 0.104. The van der Waals surface area contributed by atoms with E-state index in [9.17, 15) is 8.42 Å². The highest BCUT2D eigenvalue weighted by molar-refractivity contribution is 7.92. The average Bonchev–Trinajstić information content (AvgIpc) is 2.18. The maximum absolute atomic E-state index is 11.5. The summed E-state index contributed by atoms with van der Waals surface area (Å²) < 4.78 is 25.5. The largest absolute Gasteiger partial charge is 0.330 e. The molecule has 6 heteroatoms. The lowest BCUT2D eigenvalue weighted by atomic mass is 10.3. The van der Waals surface area contributed by atoms with Crippen LogP contribution in [0.5, 0.6) is 0 Å². The van der Waals surface area contributed by atoms with Crippen LogP contribution in [-0.4, -0.2) is 25.7 Å². The smallest absolute Gasteiger partial charge is 0.232 e. The van der Waals surface area contributed by atoms with Crippen molar-refractivity contribution < 1.29 is 8.42 Å². The topological polar surface area (TPSA) is 85.1 Å². The van der Waals surface area contributed by atoms with Crippen LogP contribution < -0.4 is 10.5 Å². The maximum atomic E-state index is 11.5. The zero-order valence-corrected chi connectivity index (χ0v) is 9.20. The number of nitrogens with one attached hydrogen (secondary N) is 1. The molecule has 0 aliphatic rings. The first kappa shape index (κ1) is 11.9. The molecule has 0 fully saturated rings. The number of anilines is 1. The predicted octanol–water partition coefficient (Wildman–Crippen LogP) is 0.562. The van der Waals surface area contributed by atoms with Crippen molar-refractivity contribution in [3.8, 4) is 0 Å². The van der Waals surface area contributed by atoms with E-state index in [0.29, 0.717) is 18.7 Å². The Morgan fingerprint density at radius 1 is 1.27 bits per heavy atom. The molecule has 0 saturated carbocycles. The van der Waals surface area contributed by atoms with Gasteiger partial charge in [0, 0.05) is 12.4 Å². The van der Waals surface area contributed by atoms with E-state index in [-0.39, 0.29) is 5.75 Å². The second kappa shape index (κ2) is 5.67. The van der Waals surface area contributed by atoms with Crippen LogP contribution in [0.3, 0.4) is 0 Å². The van der Waals surface area contributed by atoms with Gasteiger partial charge in [0.1, 0.15) is 0 Å². The van der Waals surface area contributed by atoms with E-state index in [1.54, 1.807) is 12.1 Å². The summed E-state index contributed by atoms with van der Waals surface area (Å²) in [6.07, 6.45) is 4.38. The van der Waals surface area contributed by atoms with Gasteiger partial charge in [-0.25, -0.2) is 8.42 Å². The number of unbranched alkanes of at least 4 members (excludes halogenated alkanes) is 1. The van der Waals surface area contributed by atoms with E-state index in [0.717, 1.165) is 6.42 Å². The Morgan fingerprint density at radius 3 is 2.53 bits per heavy atom. The van der Waals surface area contributed by atoms with Crippen LogP contribution in [0.25, 0.3) is 0 Å². The first-order valence-electron chi connectivity index (χ1n) is 4.74. The standard InChI is InChI=1S/C9H15N3O2S/c10-5-1-2-8-15(13,14)12-9-3-6-11-7-4-9/h3-4,6-7H,1-2,5,8,10H2,(H,11,12). The van der Waals surface area contributed by atoms with Crippen molar-refractivity contribution in [2.24, 2.45) is 5.73 Å². The van der Waals surface area contributed by atoms with Crippen molar-refractivity contribution in [1.82, 2.24) is 4.98 Å². The van der Waals surface area contributed by atoms with Crippen LogP contribution in [-0.2, 0) is 10.0 Å². The fourth-order valence-electron chi connectivity index (χ4n) is 1.09. The minimum absolute atomic E-state index is 0.104. The molecule has 0 atom stereocenters. The molecule has 3 N–H and O–H groups in total. The lowest BCUT2D eigenvalue weighted by molar-refractivity contribution is 0.597. The summed E-state index contributed by atoms with van der Waals surface area (Å²) in [4.78, 5) is 3.80. The molecule has 1 heterocycles. The quantitative estimate of drug-likeness (QED) is 0.698. The summed E-state index contributed by atoms with van der Waals surface area (Å²) in [5.41, 5.74) is 5.83. The lowest BCUT2D eigenvalue weighted by Crippen LogP contribution is -2.17. The molecule has 0 amide bonds. The fourth-order valence-corrected chi connectivity index (χ4v) is 2.27. The van der Waals surface area contributed by atoms with Gasteiger partial charge >= 0.3 is 0 Å². The zero-order chi connectivity index (χ0) is 11.1. The number of aromatic nitrogens is 1. The minimum Gasteiger partial charge on any atom is -0.330 e. The Labute approximate surface area is 89.8 Å². The molecule has 0 spiro atoms. The number of rotatable bonds is 6. The van der Waals surface area contributed by atoms with Crippen LogP contribution in [0, 0.1) is 0 Å². The number of pyridine rings is 1. The molecule has 0 unspecified atom stereocenters. The first-order chi connectivity index (χ1) is 7.14. The third kappa shape index (κ3) is 4.75. The number of nitrogens with two attached hydrogens (primary N) is 1. The Balaban J connectivity index is 2.50. The van der Waals surface area contributed by atoms with Gasteiger partial charge in [-0.3, -0.25) is 9.71 Å². The van der Waals surface area contributed by atoms with Crippen molar-refractivity contribution in [2.75, 3.05) is 17.0 Å². The van der Waals surface area contributed by atoms with Gasteiger partial charge in [-0.15, -0.1) is 0 Å². The van der Waals surface area contributed by atoms with Gasteiger partial charge in [0.15, 0.2) is 0 Å². The summed E-state index contributed by atoms with van der Waals surface area (Å²) in [6, 6.07) is 3.22. The van der Waals surface area contributed by atoms with Crippen molar-refractivity contribution in [1.29, 1.82) is 0 Å². The van der Waals surface area contributed by atoms with E-state index in [4.69, 9.17) is 5.73 Å². The van der Waals surface area contributed by atoms with Gasteiger partial charge in [-0.1, -0.05) is 0 Å². The second-order valence-electron chi connectivity index (χ2n) is 3.15. The highest BCUT2D eigenvalue weighted by Crippen LogP contribution is 2.07. The first-order valence-corrected chi connectivity index (χ1v) is 6.40.